The molecule has 0 aromatic rings. The molecule has 0 saturated carbocycles. The molecular formula is C8H11BN2. The third kappa shape index (κ3) is 1.83. The van der Waals surface area contributed by atoms with Gasteiger partial charge in [-0.15, -0.1) is 0 Å². The Kier molecular flexibility index (Phi) is 2.31. The number of hydrogen-bond donors (Lipinski definition) is 2. The Morgan fingerprint density at radius 2 is 2.27 bits per heavy atom. The zero-order valence-electron chi connectivity index (χ0n) is 6.81. The highest BCUT2D eigenvalue weighted by Crippen LogP contribution is 2.09. The van der Waals surface area contributed by atoms with Crippen LogP contribution in [0.1, 0.15) is 0 Å². The molecule has 0 spiro atoms. The quantitative estimate of drug-likeness (QED) is 0.509. The van der Waals surface area contributed by atoms with E-state index >= 15 is 0 Å². The lowest BCUT2D eigenvalue weighted by Gasteiger charge is -2.06. The average Bonchev–Trinajstić information content (AvgIpc) is 1.98. The smallest absolute Gasteiger partial charge is 0.139 e. The minimum Gasteiger partial charge on any atom is -0.393 e. The van der Waals surface area contributed by atoms with E-state index in [9.17, 15) is 0 Å². The molecule has 11 heavy (non-hydrogen) atoms. The molecule has 0 amide bonds. The summed E-state index contributed by atoms with van der Waals surface area (Å²) in [6, 6.07) is 0. The third-order valence-corrected chi connectivity index (χ3v) is 1.51. The van der Waals surface area contributed by atoms with E-state index in [0.29, 0.717) is 5.71 Å². The normalized spacial score (nSPS) is 20.3. The van der Waals surface area contributed by atoms with Crippen molar-refractivity contribution in [1.82, 2.24) is 5.32 Å². The van der Waals surface area contributed by atoms with Crippen LogP contribution in [0.25, 0.3) is 0 Å². The van der Waals surface area contributed by atoms with Gasteiger partial charge in [-0.1, -0.05) is 17.6 Å². The predicted molar refractivity (Wildman–Crippen MR) is 50.6 cm³/mol. The van der Waals surface area contributed by atoms with Crippen LogP contribution in [0.2, 0.25) is 0 Å². The highest BCUT2D eigenvalue weighted by molar-refractivity contribution is 6.26. The Bertz CT molecular complexity index is 261. The van der Waals surface area contributed by atoms with Crippen LogP contribution in [-0.2, 0) is 0 Å². The van der Waals surface area contributed by atoms with E-state index in [1.807, 2.05) is 33.2 Å². The van der Waals surface area contributed by atoms with Gasteiger partial charge in [0, 0.05) is 18.8 Å². The van der Waals surface area contributed by atoms with Crippen molar-refractivity contribution in [3.05, 3.63) is 35.5 Å². The van der Waals surface area contributed by atoms with Gasteiger partial charge in [0.2, 0.25) is 0 Å². The second kappa shape index (κ2) is 3.24. The molecule has 0 fully saturated rings. The Hall–Kier alpha value is -1.25. The minimum absolute atomic E-state index is 0.560. The molecule has 0 unspecified atom stereocenters. The summed E-state index contributed by atoms with van der Waals surface area (Å²) in [7, 11) is 3.86. The number of rotatable bonds is 1. The molecule has 0 saturated heterocycles. The van der Waals surface area contributed by atoms with Crippen LogP contribution in [0.4, 0.5) is 0 Å². The van der Waals surface area contributed by atoms with Gasteiger partial charge in [0.1, 0.15) is 7.85 Å². The first kappa shape index (κ1) is 7.86. The molecule has 56 valence electrons. The molecule has 0 aromatic carbocycles. The fourth-order valence-corrected chi connectivity index (χ4v) is 0.957. The van der Waals surface area contributed by atoms with Crippen LogP contribution in [-0.4, -0.2) is 20.6 Å². The lowest BCUT2D eigenvalue weighted by molar-refractivity contribution is 1.09. The Balaban J connectivity index is 2.90. The van der Waals surface area contributed by atoms with Crippen LogP contribution < -0.4 is 5.32 Å². The molecule has 2 N–H and O–H groups in total. The highest BCUT2D eigenvalue weighted by Gasteiger charge is 2.02. The number of hydrogen-bond acceptors (Lipinski definition) is 2. The number of allylic oxidation sites excluding steroid dienone is 5. The van der Waals surface area contributed by atoms with Crippen LogP contribution in [0.15, 0.2) is 35.5 Å². The van der Waals surface area contributed by atoms with Crippen molar-refractivity contribution in [2.75, 3.05) is 7.05 Å². The summed E-state index contributed by atoms with van der Waals surface area (Å²) in [4.78, 5) is 0. The predicted octanol–water partition coefficient (Wildman–Crippen LogP) is 0.196. The standard InChI is InChI=1S/C8H11BN2/c1-11-5-6-4-7(9)2-3-8(6)10/h2-5,10-11H,9H2,1H3/b6-5-,10-8?. The van der Waals surface area contributed by atoms with Crippen LogP contribution in [0.3, 0.4) is 0 Å². The van der Waals surface area contributed by atoms with E-state index in [1.54, 1.807) is 6.08 Å². The van der Waals surface area contributed by atoms with Gasteiger partial charge in [-0.2, -0.15) is 0 Å². The molecular weight excluding hydrogens is 135 g/mol. The van der Waals surface area contributed by atoms with Gasteiger partial charge in [0.05, 0.1) is 5.71 Å². The average molecular weight is 146 g/mol. The zero-order valence-corrected chi connectivity index (χ0v) is 6.81. The highest BCUT2D eigenvalue weighted by atomic mass is 14.8. The van der Waals surface area contributed by atoms with E-state index in [2.05, 4.69) is 5.32 Å². The molecule has 1 aliphatic carbocycles. The van der Waals surface area contributed by atoms with Gasteiger partial charge in [0.25, 0.3) is 0 Å². The third-order valence-electron chi connectivity index (χ3n) is 1.51. The Labute approximate surface area is 67.6 Å². The Morgan fingerprint density at radius 1 is 1.55 bits per heavy atom. The number of nitrogens with one attached hydrogen (secondary N) is 2. The van der Waals surface area contributed by atoms with Crippen molar-refractivity contribution in [2.24, 2.45) is 0 Å². The fourth-order valence-electron chi connectivity index (χ4n) is 0.957. The molecule has 0 radical (unpaired) electrons. The summed E-state index contributed by atoms with van der Waals surface area (Å²) in [6.07, 6.45) is 7.56. The van der Waals surface area contributed by atoms with E-state index in [0.717, 1.165) is 5.57 Å². The molecule has 0 heterocycles. The first-order valence-corrected chi connectivity index (χ1v) is 3.57. The van der Waals surface area contributed by atoms with Crippen molar-refractivity contribution >= 4 is 13.6 Å². The van der Waals surface area contributed by atoms with Gasteiger partial charge < -0.3 is 10.7 Å². The summed E-state index contributed by atoms with van der Waals surface area (Å²) in [6.45, 7) is 0. The summed E-state index contributed by atoms with van der Waals surface area (Å²) >= 11 is 0. The summed E-state index contributed by atoms with van der Waals surface area (Å²) in [5.41, 5.74) is 2.68. The summed E-state index contributed by atoms with van der Waals surface area (Å²) < 4.78 is 0. The Morgan fingerprint density at radius 3 is 2.91 bits per heavy atom. The maximum atomic E-state index is 7.50. The lowest BCUT2D eigenvalue weighted by Crippen LogP contribution is -2.05. The van der Waals surface area contributed by atoms with Crippen molar-refractivity contribution in [3.8, 4) is 0 Å². The monoisotopic (exact) mass is 146 g/mol. The first-order valence-electron chi connectivity index (χ1n) is 3.57. The molecule has 0 bridgehead atoms. The molecule has 2 nitrogen and oxygen atoms in total. The van der Waals surface area contributed by atoms with Crippen LogP contribution >= 0.6 is 0 Å². The van der Waals surface area contributed by atoms with Crippen LogP contribution in [0.5, 0.6) is 0 Å². The second-order valence-corrected chi connectivity index (χ2v) is 2.52. The minimum atomic E-state index is 0.560. The van der Waals surface area contributed by atoms with Gasteiger partial charge in [-0.05, 0) is 6.08 Å². The topological polar surface area (TPSA) is 35.9 Å². The van der Waals surface area contributed by atoms with Crippen molar-refractivity contribution in [3.63, 3.8) is 0 Å². The molecule has 0 atom stereocenters. The molecule has 3 heteroatoms. The van der Waals surface area contributed by atoms with Gasteiger partial charge in [-0.3, -0.25) is 0 Å². The van der Waals surface area contributed by atoms with Gasteiger partial charge >= 0.3 is 0 Å². The zero-order chi connectivity index (χ0) is 8.27. The molecule has 0 aliphatic heterocycles. The van der Waals surface area contributed by atoms with Crippen molar-refractivity contribution < 1.29 is 0 Å². The van der Waals surface area contributed by atoms with Crippen molar-refractivity contribution in [1.29, 1.82) is 5.41 Å². The second-order valence-electron chi connectivity index (χ2n) is 2.52. The molecule has 1 rings (SSSR count). The maximum absolute atomic E-state index is 7.50. The SMILES string of the molecule is BC1=C/C(=C/NC)C(=N)C=C1. The van der Waals surface area contributed by atoms with E-state index < -0.39 is 0 Å². The maximum Gasteiger partial charge on any atom is 0.139 e. The fraction of sp³-hybridized carbons (Fsp3) is 0.125. The molecule has 0 aromatic heterocycles. The lowest BCUT2D eigenvalue weighted by atomic mass is 9.88. The van der Waals surface area contributed by atoms with E-state index in [1.165, 1.54) is 5.47 Å². The largest absolute Gasteiger partial charge is 0.393 e. The van der Waals surface area contributed by atoms with Crippen molar-refractivity contribution in [2.45, 2.75) is 0 Å². The van der Waals surface area contributed by atoms with E-state index in [-0.39, 0.29) is 0 Å². The summed E-state index contributed by atoms with van der Waals surface area (Å²) in [5, 5.41) is 10.4. The molecule has 1 aliphatic rings. The summed E-state index contributed by atoms with van der Waals surface area (Å²) in [5.74, 6) is 0. The van der Waals surface area contributed by atoms with Crippen LogP contribution in [0, 0.1) is 5.41 Å². The van der Waals surface area contributed by atoms with Gasteiger partial charge in [-0.25, -0.2) is 0 Å². The first-order chi connectivity index (χ1) is 5.24. The van der Waals surface area contributed by atoms with Gasteiger partial charge in [0.15, 0.2) is 0 Å². The van der Waals surface area contributed by atoms with E-state index in [4.69, 9.17) is 5.41 Å².